The van der Waals surface area contributed by atoms with E-state index in [0.29, 0.717) is 15.6 Å². The van der Waals surface area contributed by atoms with Crippen LogP contribution in [-0.4, -0.2) is 21.4 Å². The number of phenols is 1. The summed E-state index contributed by atoms with van der Waals surface area (Å²) in [7, 11) is 0. The number of phenolic OH excluding ortho intramolecular Hbond substituents is 1. The molecule has 7 nitrogen and oxygen atoms in total. The molecule has 2 N–H and O–H groups in total. The third kappa shape index (κ3) is 4.23. The summed E-state index contributed by atoms with van der Waals surface area (Å²) in [6.45, 7) is 0.273. The lowest BCUT2D eigenvalue weighted by molar-refractivity contribution is -0.605. The molecule has 0 atom stereocenters. The van der Waals surface area contributed by atoms with Crippen LogP contribution in [0.1, 0.15) is 15.9 Å². The van der Waals surface area contributed by atoms with Crippen LogP contribution in [0.4, 0.5) is 10.1 Å². The molecule has 0 aliphatic heterocycles. The number of nitrogens with zero attached hydrogens (tertiary/aromatic N) is 2. The number of hydrogen-bond acceptors (Lipinski definition) is 4. The van der Waals surface area contributed by atoms with E-state index in [2.05, 4.69) is 5.32 Å². The Balaban J connectivity index is 1.70. The number of aromatic hydroxyl groups is 1. The van der Waals surface area contributed by atoms with Crippen LogP contribution in [0.5, 0.6) is 5.75 Å². The third-order valence-electron chi connectivity index (χ3n) is 4.78. The largest absolute Gasteiger partial charge is 0.619 e. The van der Waals surface area contributed by atoms with Crippen molar-refractivity contribution in [3.8, 4) is 5.75 Å². The van der Waals surface area contributed by atoms with Crippen molar-refractivity contribution in [2.75, 3.05) is 5.32 Å². The van der Waals surface area contributed by atoms with Gasteiger partial charge in [0.05, 0.1) is 16.8 Å². The van der Waals surface area contributed by atoms with E-state index in [1.54, 1.807) is 16.7 Å². The van der Waals surface area contributed by atoms with Gasteiger partial charge in [-0.15, -0.1) is 0 Å². The van der Waals surface area contributed by atoms with Crippen LogP contribution < -0.4 is 10.0 Å². The fraction of sp³-hybridized carbons (Fsp3) is 0.0455. The monoisotopic (exact) mass is 473 g/mol. The van der Waals surface area contributed by atoms with Gasteiger partial charge in [-0.1, -0.05) is 35.3 Å². The lowest BCUT2D eigenvalue weighted by Gasteiger charge is -2.08. The van der Waals surface area contributed by atoms with E-state index in [4.69, 9.17) is 23.2 Å². The van der Waals surface area contributed by atoms with Crippen molar-refractivity contribution in [1.29, 1.82) is 0 Å². The normalized spacial score (nSPS) is 11.0. The van der Waals surface area contributed by atoms with Gasteiger partial charge >= 0.3 is 0 Å². The number of Topliss-reactive ketones (excluding diaryl/α,β-unsaturated/α-hetero) is 1. The minimum absolute atomic E-state index is 0.0202. The van der Waals surface area contributed by atoms with Gasteiger partial charge in [-0.25, -0.2) is 4.39 Å². The number of halogens is 3. The van der Waals surface area contributed by atoms with Crippen molar-refractivity contribution in [2.24, 2.45) is 0 Å². The number of hydrogen-bond donors (Lipinski definition) is 2. The summed E-state index contributed by atoms with van der Waals surface area (Å²) in [5.74, 6) is -2.28. The number of nitrogens with one attached hydrogen (secondary N) is 1. The Morgan fingerprint density at radius 3 is 2.41 bits per heavy atom. The molecular formula is C22H14Cl2FN3O4. The number of rotatable bonds is 5. The molecule has 4 aromatic rings. The Morgan fingerprint density at radius 1 is 1.09 bits per heavy atom. The fourth-order valence-electron chi connectivity index (χ4n) is 3.29. The molecule has 4 rings (SSSR count). The molecule has 0 saturated carbocycles. The highest BCUT2D eigenvalue weighted by Gasteiger charge is 2.24. The predicted molar refractivity (Wildman–Crippen MR) is 117 cm³/mol. The summed E-state index contributed by atoms with van der Waals surface area (Å²) in [4.78, 5) is 25.6. The average Bonchev–Trinajstić information content (AvgIpc) is 3.09. The molecule has 0 radical (unpaired) electrons. The number of amides is 1. The summed E-state index contributed by atoms with van der Waals surface area (Å²) in [6.07, 6.45) is 3.46. The second-order valence-electron chi connectivity index (χ2n) is 6.97. The molecule has 0 aliphatic rings. The van der Waals surface area contributed by atoms with Gasteiger partial charge in [-0.05, 0) is 29.8 Å². The highest BCUT2D eigenvalue weighted by Crippen LogP contribution is 2.30. The lowest BCUT2D eigenvalue weighted by Crippen LogP contribution is -2.27. The van der Waals surface area contributed by atoms with Gasteiger partial charge in [0.25, 0.3) is 11.7 Å². The van der Waals surface area contributed by atoms with Crippen LogP contribution in [0.3, 0.4) is 0 Å². The van der Waals surface area contributed by atoms with Gasteiger partial charge in [0, 0.05) is 24.2 Å². The van der Waals surface area contributed by atoms with Crippen LogP contribution in [-0.2, 0) is 11.3 Å². The second kappa shape index (κ2) is 8.49. The van der Waals surface area contributed by atoms with Crippen molar-refractivity contribution in [3.05, 3.63) is 93.3 Å². The first-order valence-electron chi connectivity index (χ1n) is 9.22. The summed E-state index contributed by atoms with van der Waals surface area (Å²) in [5.41, 5.74) is 1.28. The van der Waals surface area contributed by atoms with E-state index in [1.165, 1.54) is 36.5 Å². The average molecular weight is 474 g/mol. The number of benzene rings is 2. The number of pyridine rings is 1. The molecular weight excluding hydrogens is 460 g/mol. The van der Waals surface area contributed by atoms with Gasteiger partial charge in [-0.3, -0.25) is 9.59 Å². The van der Waals surface area contributed by atoms with E-state index >= 15 is 0 Å². The van der Waals surface area contributed by atoms with Crippen molar-refractivity contribution < 1.29 is 23.8 Å². The topological polar surface area (TPSA) is 98.3 Å². The number of aromatic nitrogens is 2. The number of carbonyl (C=O) groups is 2. The van der Waals surface area contributed by atoms with Gasteiger partial charge in [0.1, 0.15) is 21.6 Å². The van der Waals surface area contributed by atoms with Crippen LogP contribution in [0.25, 0.3) is 10.9 Å². The fourth-order valence-corrected chi connectivity index (χ4v) is 3.83. The highest BCUT2D eigenvalue weighted by molar-refractivity contribution is 6.50. The van der Waals surface area contributed by atoms with Crippen molar-refractivity contribution in [2.45, 2.75) is 6.54 Å². The zero-order chi connectivity index (χ0) is 23.0. The van der Waals surface area contributed by atoms with E-state index < -0.39 is 11.7 Å². The standard InChI is InChI=1S/C22H14Cl2FN3O4/c23-17-10-28(32)11-18(24)20(17)26-22(31)21(30)16-9-27(8-12-1-3-13(25)4-2-12)19-7-14(29)5-6-15(16)19/h1-7,9-11,29H,8H2,(H,26,31). The predicted octanol–water partition coefficient (Wildman–Crippen LogP) is 4.30. The lowest BCUT2D eigenvalue weighted by atomic mass is 10.1. The SMILES string of the molecule is O=C(Nc1c(Cl)c[n+]([O-])cc1Cl)C(=O)c1cn(Cc2ccc(F)cc2)c2cc(O)ccc12. The minimum atomic E-state index is -1.01. The molecule has 2 heterocycles. The Labute approximate surface area is 190 Å². The van der Waals surface area contributed by atoms with Crippen LogP contribution in [0.2, 0.25) is 10.0 Å². The maximum absolute atomic E-state index is 13.2. The highest BCUT2D eigenvalue weighted by atomic mass is 35.5. The molecule has 2 aromatic carbocycles. The summed E-state index contributed by atoms with van der Waals surface area (Å²) >= 11 is 11.9. The van der Waals surface area contributed by atoms with Crippen molar-refractivity contribution in [1.82, 2.24) is 4.57 Å². The first-order valence-corrected chi connectivity index (χ1v) is 9.98. The quantitative estimate of drug-likeness (QED) is 0.195. The first kappa shape index (κ1) is 21.6. The maximum Gasteiger partial charge on any atom is 0.296 e. The maximum atomic E-state index is 13.2. The second-order valence-corrected chi connectivity index (χ2v) is 7.79. The van der Waals surface area contributed by atoms with Gasteiger partial charge in [-0.2, -0.15) is 4.73 Å². The third-order valence-corrected chi connectivity index (χ3v) is 5.35. The van der Waals surface area contributed by atoms with Crippen LogP contribution in [0, 0.1) is 11.0 Å². The molecule has 0 unspecified atom stereocenters. The minimum Gasteiger partial charge on any atom is -0.619 e. The van der Waals surface area contributed by atoms with E-state index in [-0.39, 0.29) is 39.4 Å². The van der Waals surface area contributed by atoms with Crippen LogP contribution >= 0.6 is 23.2 Å². The molecule has 32 heavy (non-hydrogen) atoms. The van der Waals surface area contributed by atoms with E-state index in [9.17, 15) is 24.3 Å². The number of ketones is 1. The smallest absolute Gasteiger partial charge is 0.296 e. The van der Waals surface area contributed by atoms with Gasteiger partial charge in [0.2, 0.25) is 12.4 Å². The molecule has 1 amide bonds. The molecule has 0 aliphatic carbocycles. The number of carbonyl (C=O) groups excluding carboxylic acids is 2. The number of anilines is 1. The van der Waals surface area contributed by atoms with Crippen molar-refractivity contribution in [3.63, 3.8) is 0 Å². The van der Waals surface area contributed by atoms with Gasteiger partial charge < -0.3 is 20.2 Å². The molecule has 0 saturated heterocycles. The Hall–Kier alpha value is -3.62. The summed E-state index contributed by atoms with van der Waals surface area (Å²) in [6, 6.07) is 10.2. The first-order chi connectivity index (χ1) is 15.2. The van der Waals surface area contributed by atoms with Crippen molar-refractivity contribution >= 4 is 51.5 Å². The molecule has 0 bridgehead atoms. The van der Waals surface area contributed by atoms with E-state index in [0.717, 1.165) is 18.0 Å². The Morgan fingerprint density at radius 2 is 1.75 bits per heavy atom. The molecule has 0 spiro atoms. The molecule has 162 valence electrons. The summed E-state index contributed by atoms with van der Waals surface area (Å²) < 4.78 is 15.3. The van der Waals surface area contributed by atoms with E-state index in [1.807, 2.05) is 0 Å². The molecule has 2 aromatic heterocycles. The Kier molecular flexibility index (Phi) is 5.73. The molecule has 10 heteroatoms. The molecule has 0 fully saturated rings. The van der Waals surface area contributed by atoms with Crippen LogP contribution in [0.15, 0.2) is 61.1 Å². The zero-order valence-corrected chi connectivity index (χ0v) is 17.7. The summed E-state index contributed by atoms with van der Waals surface area (Å²) in [5, 5.41) is 23.8. The Bertz CT molecular complexity index is 1350. The van der Waals surface area contributed by atoms with Gasteiger partial charge in [0.15, 0.2) is 0 Å². The zero-order valence-electron chi connectivity index (χ0n) is 16.2. The number of fused-ring (bicyclic) bond motifs is 1.